The Morgan fingerprint density at radius 3 is 2.74 bits per heavy atom. The number of rotatable bonds is 5. The van der Waals surface area contributed by atoms with Gasteiger partial charge in [0.15, 0.2) is 5.13 Å². The van der Waals surface area contributed by atoms with Crippen LogP contribution in [0.15, 0.2) is 12.4 Å². The third-order valence-electron chi connectivity index (χ3n) is 2.62. The van der Waals surface area contributed by atoms with Crippen molar-refractivity contribution in [3.05, 3.63) is 28.5 Å². The van der Waals surface area contributed by atoms with Crippen LogP contribution in [0, 0.1) is 6.92 Å². The molecule has 0 bridgehead atoms. The normalized spacial score (nSPS) is 11.8. The number of aromatic amines is 1. The molecule has 8 heteroatoms. The molecule has 2 heterocycles. The van der Waals surface area contributed by atoms with Crippen LogP contribution < -0.4 is 5.32 Å². The van der Waals surface area contributed by atoms with Crippen LogP contribution in [0.3, 0.4) is 0 Å². The Morgan fingerprint density at radius 1 is 1.37 bits per heavy atom. The minimum Gasteiger partial charge on any atom is -0.361 e. The van der Waals surface area contributed by atoms with Crippen molar-refractivity contribution in [2.24, 2.45) is 0 Å². The first-order chi connectivity index (χ1) is 8.97. The highest BCUT2D eigenvalue weighted by Gasteiger charge is 2.33. The number of hydrogen-bond donors (Lipinski definition) is 2. The summed E-state index contributed by atoms with van der Waals surface area (Å²) in [6, 6.07) is 0. The Hall–Kier alpha value is -1.57. The van der Waals surface area contributed by atoms with Gasteiger partial charge in [-0.25, -0.2) is 4.98 Å². The molecule has 0 aliphatic carbocycles. The van der Waals surface area contributed by atoms with Crippen LogP contribution in [-0.2, 0) is 12.6 Å². The first-order valence-corrected chi connectivity index (χ1v) is 6.54. The molecule has 4 nitrogen and oxygen atoms in total. The van der Waals surface area contributed by atoms with Gasteiger partial charge >= 0.3 is 6.18 Å². The fraction of sp³-hybridized carbons (Fsp3) is 0.455. The Bertz CT molecular complexity index is 532. The van der Waals surface area contributed by atoms with E-state index in [0.29, 0.717) is 23.0 Å². The van der Waals surface area contributed by atoms with E-state index in [-0.39, 0.29) is 0 Å². The predicted molar refractivity (Wildman–Crippen MR) is 67.3 cm³/mol. The lowest BCUT2D eigenvalue weighted by Gasteiger charge is -2.02. The van der Waals surface area contributed by atoms with Crippen molar-refractivity contribution in [3.63, 3.8) is 0 Å². The average molecular weight is 290 g/mol. The van der Waals surface area contributed by atoms with Crippen molar-refractivity contribution in [2.75, 3.05) is 11.9 Å². The van der Waals surface area contributed by atoms with E-state index in [1.807, 2.05) is 6.92 Å². The second kappa shape index (κ2) is 5.60. The molecule has 0 unspecified atom stereocenters. The van der Waals surface area contributed by atoms with Crippen molar-refractivity contribution in [3.8, 4) is 0 Å². The molecule has 2 N–H and O–H groups in total. The molecule has 0 aliphatic heterocycles. The maximum absolute atomic E-state index is 12.4. The molecular formula is C11H13F3N4S. The summed E-state index contributed by atoms with van der Waals surface area (Å²) in [6.45, 7) is 2.52. The summed E-state index contributed by atoms with van der Waals surface area (Å²) < 4.78 is 37.1. The zero-order valence-electron chi connectivity index (χ0n) is 10.2. The molecule has 0 amide bonds. The van der Waals surface area contributed by atoms with Gasteiger partial charge in [0.05, 0.1) is 12.4 Å². The quantitative estimate of drug-likeness (QED) is 0.831. The monoisotopic (exact) mass is 290 g/mol. The molecule has 0 saturated heterocycles. The van der Waals surface area contributed by atoms with Gasteiger partial charge in [-0.3, -0.25) is 5.10 Å². The molecule has 2 aromatic heterocycles. The van der Waals surface area contributed by atoms with E-state index in [1.54, 1.807) is 6.20 Å². The lowest BCUT2D eigenvalue weighted by Crippen LogP contribution is -2.02. The summed E-state index contributed by atoms with van der Waals surface area (Å²) in [5.74, 6) is 0. The lowest BCUT2D eigenvalue weighted by molar-refractivity contribution is -0.134. The molecule has 2 rings (SSSR count). The van der Waals surface area contributed by atoms with Gasteiger partial charge in [0.1, 0.15) is 4.88 Å². The summed E-state index contributed by atoms with van der Waals surface area (Å²) in [5, 5.41) is 9.95. The van der Waals surface area contributed by atoms with Crippen LogP contribution in [0.1, 0.15) is 22.6 Å². The van der Waals surface area contributed by atoms with E-state index in [1.165, 1.54) is 0 Å². The van der Waals surface area contributed by atoms with Crippen molar-refractivity contribution in [1.82, 2.24) is 15.2 Å². The predicted octanol–water partition coefficient (Wildman–Crippen LogP) is 3.24. The molecule has 0 radical (unpaired) electrons. The number of anilines is 1. The largest absolute Gasteiger partial charge is 0.427 e. The Morgan fingerprint density at radius 2 is 2.16 bits per heavy atom. The Labute approximate surface area is 112 Å². The lowest BCUT2D eigenvalue weighted by atomic mass is 10.1. The van der Waals surface area contributed by atoms with E-state index >= 15 is 0 Å². The molecule has 0 aromatic carbocycles. The van der Waals surface area contributed by atoms with Crippen LogP contribution >= 0.6 is 11.3 Å². The minimum atomic E-state index is -4.31. The van der Waals surface area contributed by atoms with Crippen molar-refractivity contribution in [2.45, 2.75) is 25.9 Å². The van der Waals surface area contributed by atoms with Gasteiger partial charge in [-0.05, 0) is 25.3 Å². The minimum absolute atomic E-state index is 0.302. The number of H-pyrrole nitrogens is 1. The molecular weight excluding hydrogens is 277 g/mol. The van der Waals surface area contributed by atoms with Gasteiger partial charge in [-0.1, -0.05) is 11.3 Å². The number of alkyl halides is 3. The van der Waals surface area contributed by atoms with Crippen molar-refractivity contribution in [1.29, 1.82) is 0 Å². The summed E-state index contributed by atoms with van der Waals surface area (Å²) in [4.78, 5) is 3.02. The number of nitrogens with zero attached hydrogens (tertiary/aromatic N) is 2. The standard InChI is InChI=1S/C11H13F3N4S/c1-7-8(5-17-18-7)3-2-4-15-10-16-6-9(19-10)11(12,13)14/h5-6H,2-4H2,1H3,(H,15,16)(H,17,18). The number of aryl methyl sites for hydroxylation is 2. The first-order valence-electron chi connectivity index (χ1n) is 5.72. The van der Waals surface area contributed by atoms with Gasteiger partial charge in [-0.2, -0.15) is 18.3 Å². The molecule has 0 spiro atoms. The van der Waals surface area contributed by atoms with Crippen molar-refractivity contribution >= 4 is 16.5 Å². The van der Waals surface area contributed by atoms with Crippen LogP contribution in [0.2, 0.25) is 0 Å². The Balaban J connectivity index is 1.77. The molecule has 0 saturated carbocycles. The highest BCUT2D eigenvalue weighted by atomic mass is 32.1. The number of hydrogen-bond acceptors (Lipinski definition) is 4. The van der Waals surface area contributed by atoms with Gasteiger partial charge in [-0.15, -0.1) is 0 Å². The molecule has 0 atom stereocenters. The first kappa shape index (κ1) is 13.9. The Kier molecular flexibility index (Phi) is 4.08. The molecule has 0 fully saturated rings. The van der Waals surface area contributed by atoms with E-state index < -0.39 is 11.1 Å². The SMILES string of the molecule is Cc1[nH]ncc1CCCNc1ncc(C(F)(F)F)s1. The fourth-order valence-electron chi connectivity index (χ4n) is 1.59. The zero-order valence-corrected chi connectivity index (χ0v) is 11.0. The molecule has 19 heavy (non-hydrogen) atoms. The van der Waals surface area contributed by atoms with Gasteiger partial charge < -0.3 is 5.32 Å². The van der Waals surface area contributed by atoms with Crippen molar-refractivity contribution < 1.29 is 13.2 Å². The van der Waals surface area contributed by atoms with Crippen LogP contribution in [-0.4, -0.2) is 21.7 Å². The van der Waals surface area contributed by atoms with E-state index in [2.05, 4.69) is 20.5 Å². The number of aromatic nitrogens is 3. The maximum Gasteiger partial charge on any atom is 0.427 e. The maximum atomic E-state index is 12.4. The van der Waals surface area contributed by atoms with E-state index in [9.17, 15) is 13.2 Å². The van der Waals surface area contributed by atoms with Crippen LogP contribution in [0.5, 0.6) is 0 Å². The number of halogens is 3. The number of thiazole rings is 1. The molecule has 104 valence electrons. The smallest absolute Gasteiger partial charge is 0.361 e. The summed E-state index contributed by atoms with van der Waals surface area (Å²) >= 11 is 0.625. The van der Waals surface area contributed by atoms with E-state index in [0.717, 1.165) is 30.3 Å². The van der Waals surface area contributed by atoms with Gasteiger partial charge in [0.25, 0.3) is 0 Å². The topological polar surface area (TPSA) is 53.6 Å². The second-order valence-electron chi connectivity index (χ2n) is 4.08. The number of nitrogens with one attached hydrogen (secondary N) is 2. The molecule has 2 aromatic rings. The highest BCUT2D eigenvalue weighted by Crippen LogP contribution is 2.34. The molecule has 0 aliphatic rings. The summed E-state index contributed by atoms with van der Waals surface area (Å²) in [6.07, 6.45) is -0.0622. The highest BCUT2D eigenvalue weighted by molar-refractivity contribution is 7.15. The third-order valence-corrected chi connectivity index (χ3v) is 3.62. The second-order valence-corrected chi connectivity index (χ2v) is 5.11. The summed E-state index contributed by atoms with van der Waals surface area (Å²) in [7, 11) is 0. The summed E-state index contributed by atoms with van der Waals surface area (Å²) in [5.41, 5.74) is 2.14. The fourth-order valence-corrected chi connectivity index (χ4v) is 2.30. The average Bonchev–Trinajstić information content (AvgIpc) is 2.93. The third kappa shape index (κ3) is 3.69. The van der Waals surface area contributed by atoms with E-state index in [4.69, 9.17) is 0 Å². The van der Waals surface area contributed by atoms with Crippen LogP contribution in [0.4, 0.5) is 18.3 Å². The van der Waals surface area contributed by atoms with Crippen LogP contribution in [0.25, 0.3) is 0 Å². The van der Waals surface area contributed by atoms with Gasteiger partial charge in [0.2, 0.25) is 0 Å². The van der Waals surface area contributed by atoms with Gasteiger partial charge in [0, 0.05) is 12.2 Å². The zero-order chi connectivity index (χ0) is 13.9.